The van der Waals surface area contributed by atoms with Gasteiger partial charge in [-0.25, -0.2) is 9.13 Å². The fraction of sp³-hybridized carbons (Fsp3) is 0.857. The minimum Gasteiger partial charge on any atom is -0.463 e. The Labute approximate surface area is 492 Å². The molecule has 81 heavy (non-hydrogen) atoms. The third-order valence-electron chi connectivity index (χ3n) is 13.8. The van der Waals surface area contributed by atoms with E-state index < -0.39 is 91.5 Å². The first-order chi connectivity index (χ1) is 39.2. The summed E-state index contributed by atoms with van der Waals surface area (Å²) in [6.45, 7) is 2.65. The maximum atomic E-state index is 12.9. The van der Waals surface area contributed by atoms with Gasteiger partial charge in [0.25, 0.3) is 0 Å². The molecule has 476 valence electrons. The number of rotatable bonds is 62. The van der Waals surface area contributed by atoms with E-state index in [0.29, 0.717) is 19.3 Å². The minimum atomic E-state index is -4.92. The van der Waals surface area contributed by atoms with Gasteiger partial charge >= 0.3 is 33.6 Å². The Morgan fingerprint density at radius 3 is 0.901 bits per heavy atom. The monoisotopic (exact) mass is 1190 g/mol. The highest BCUT2D eigenvalue weighted by molar-refractivity contribution is 7.47. The van der Waals surface area contributed by atoms with Gasteiger partial charge in [0.2, 0.25) is 0 Å². The Hall–Kier alpha value is -2.23. The van der Waals surface area contributed by atoms with E-state index in [4.69, 9.17) is 32.3 Å². The number of unbranched alkanes of at least 4 members (excludes halogenated alkanes) is 33. The quantitative estimate of drug-likeness (QED) is 0.0146. The number of hydrogen-bond acceptors (Lipinski definition) is 14. The van der Waals surface area contributed by atoms with Crippen molar-refractivity contribution in [2.24, 2.45) is 0 Å². The molecule has 0 aliphatic carbocycles. The summed E-state index contributed by atoms with van der Waals surface area (Å²) in [6, 6.07) is 0. The van der Waals surface area contributed by atoms with Crippen LogP contribution in [0.5, 0.6) is 0 Å². The summed E-state index contributed by atoms with van der Waals surface area (Å²) in [7, 11) is -9.76. The summed E-state index contributed by atoms with van der Waals surface area (Å²) >= 11 is 0. The van der Waals surface area contributed by atoms with Crippen molar-refractivity contribution in [3.63, 3.8) is 0 Å². The largest absolute Gasteiger partial charge is 0.472 e. The number of carbonyl (C=O) groups is 3. The molecule has 0 aromatic heterocycles. The molecule has 0 saturated carbocycles. The Bertz CT molecular complexity index is 1640. The number of allylic oxidation sites excluding steroid dienone is 6. The summed E-state index contributed by atoms with van der Waals surface area (Å²) in [6.07, 6.45) is 53.4. The summed E-state index contributed by atoms with van der Waals surface area (Å²) < 4.78 is 60.7. The maximum Gasteiger partial charge on any atom is 0.472 e. The Morgan fingerprint density at radius 1 is 0.333 bits per heavy atom. The lowest BCUT2D eigenvalue weighted by Crippen LogP contribution is -2.30. The second kappa shape index (κ2) is 58.2. The number of phosphoric ester groups is 2. The molecular weight excluding hydrogens is 1070 g/mol. The molecule has 3 unspecified atom stereocenters. The molecule has 0 amide bonds. The molecule has 18 heteroatoms. The Kier molecular flexibility index (Phi) is 56.6. The van der Waals surface area contributed by atoms with Gasteiger partial charge in [0, 0.05) is 19.3 Å². The number of ether oxygens (including phenoxy) is 3. The van der Waals surface area contributed by atoms with Gasteiger partial charge in [0.15, 0.2) is 6.10 Å². The van der Waals surface area contributed by atoms with Crippen molar-refractivity contribution < 1.29 is 75.8 Å². The van der Waals surface area contributed by atoms with Gasteiger partial charge < -0.3 is 34.2 Å². The second-order valence-corrected chi connectivity index (χ2v) is 24.8. The molecule has 0 aromatic rings. The van der Waals surface area contributed by atoms with Crippen LogP contribution in [0.3, 0.4) is 0 Å². The highest BCUT2D eigenvalue weighted by Gasteiger charge is 2.29. The van der Waals surface area contributed by atoms with Crippen LogP contribution in [-0.4, -0.2) is 95.9 Å². The number of phosphoric acid groups is 2. The molecule has 0 aromatic carbocycles. The number of aliphatic hydroxyl groups excluding tert-OH is 2. The molecule has 0 fully saturated rings. The molecule has 16 nitrogen and oxygen atoms in total. The first kappa shape index (κ1) is 78.8. The molecule has 0 heterocycles. The number of carbonyl (C=O) groups excluding carboxylic acids is 3. The number of aliphatic hydroxyl groups is 2. The van der Waals surface area contributed by atoms with Crippen LogP contribution in [0.2, 0.25) is 0 Å². The number of esters is 3. The van der Waals surface area contributed by atoms with Gasteiger partial charge in [-0.1, -0.05) is 211 Å². The van der Waals surface area contributed by atoms with Gasteiger partial charge in [-0.15, -0.1) is 0 Å². The Balaban J connectivity index is 4.71. The summed E-state index contributed by atoms with van der Waals surface area (Å²) in [4.78, 5) is 58.2. The molecule has 0 bridgehead atoms. The topological polar surface area (TPSA) is 231 Å². The average Bonchev–Trinajstić information content (AvgIpc) is 3.45. The normalized spacial score (nSPS) is 14.6. The molecule has 0 rings (SSSR count). The second-order valence-electron chi connectivity index (χ2n) is 21.9. The zero-order valence-corrected chi connectivity index (χ0v) is 53.0. The third kappa shape index (κ3) is 59.3. The van der Waals surface area contributed by atoms with E-state index in [0.717, 1.165) is 116 Å². The molecule has 0 aliphatic heterocycles. The smallest absolute Gasteiger partial charge is 0.463 e. The molecule has 0 spiro atoms. The van der Waals surface area contributed by atoms with Crippen LogP contribution in [0.25, 0.3) is 0 Å². The highest BCUT2D eigenvalue weighted by atomic mass is 31.2. The van der Waals surface area contributed by atoms with Crippen LogP contribution in [0.15, 0.2) is 36.5 Å². The predicted molar refractivity (Wildman–Crippen MR) is 326 cm³/mol. The Morgan fingerprint density at radius 2 is 0.580 bits per heavy atom. The highest BCUT2D eigenvalue weighted by Crippen LogP contribution is 2.45. The average molecular weight is 1190 g/mol. The van der Waals surface area contributed by atoms with Crippen molar-refractivity contribution in [1.82, 2.24) is 0 Å². The molecule has 5 atom stereocenters. The van der Waals surface area contributed by atoms with E-state index in [2.05, 4.69) is 57.2 Å². The first-order valence-corrected chi connectivity index (χ1v) is 35.3. The SMILES string of the molecule is CCCCCCCC/C=C\CCCCCCCC(=O)OC[C@@H](O)COP(=O)(O)OCC(O)COP(=O)(O)OC[C@@H](COC(=O)CCCCCCC/C=C\CCCCCCCC)OC(=O)CCCCCCC/C=C\CCCCCCCC. The summed E-state index contributed by atoms with van der Waals surface area (Å²) in [5.74, 6) is -1.59. The van der Waals surface area contributed by atoms with E-state index in [1.54, 1.807) is 0 Å². The van der Waals surface area contributed by atoms with E-state index in [1.807, 2.05) is 0 Å². The molecule has 0 radical (unpaired) electrons. The molecular formula is C63H118O16P2. The predicted octanol–water partition coefficient (Wildman–Crippen LogP) is 17.1. The van der Waals surface area contributed by atoms with Gasteiger partial charge in [-0.2, -0.15) is 0 Å². The first-order valence-electron chi connectivity index (χ1n) is 32.3. The standard InChI is InChI=1S/C63H118O16P2/c1-4-7-10-13-16-19-22-25-28-31-34-37-40-43-46-49-61(66)73-52-58(64)53-75-80(69,70)76-54-59(65)55-77-81(71,72)78-57-60(79-63(68)51-48-45-42-39-36-33-30-27-24-21-18-15-12-9-6-3)56-74-62(67)50-47-44-41-38-35-32-29-26-23-20-17-14-11-8-5-2/h25-30,58-60,64-65H,4-24,31-57H2,1-3H3,(H,69,70)(H,71,72)/b28-25-,29-26-,30-27-/t58-,59?,60-/m1/s1. The van der Waals surface area contributed by atoms with Gasteiger partial charge in [0.1, 0.15) is 25.4 Å². The maximum absolute atomic E-state index is 12.9. The molecule has 0 aliphatic rings. The van der Waals surface area contributed by atoms with Gasteiger partial charge in [-0.3, -0.25) is 32.5 Å². The lowest BCUT2D eigenvalue weighted by molar-refractivity contribution is -0.161. The van der Waals surface area contributed by atoms with E-state index in [1.165, 1.54) is 116 Å². The van der Waals surface area contributed by atoms with Gasteiger partial charge in [0.05, 0.1) is 26.4 Å². The van der Waals surface area contributed by atoms with Gasteiger partial charge in [-0.05, 0) is 96.3 Å². The summed E-state index contributed by atoms with van der Waals surface area (Å²) in [5.41, 5.74) is 0. The van der Waals surface area contributed by atoms with Crippen LogP contribution >= 0.6 is 15.6 Å². The van der Waals surface area contributed by atoms with Crippen LogP contribution in [0, 0.1) is 0 Å². The zero-order chi connectivity index (χ0) is 59.6. The van der Waals surface area contributed by atoms with Crippen LogP contribution in [0.1, 0.15) is 290 Å². The fourth-order valence-corrected chi connectivity index (χ4v) is 10.4. The lowest BCUT2D eigenvalue weighted by atomic mass is 10.1. The van der Waals surface area contributed by atoms with E-state index >= 15 is 0 Å². The lowest BCUT2D eigenvalue weighted by Gasteiger charge is -2.21. The van der Waals surface area contributed by atoms with Crippen molar-refractivity contribution in [3.8, 4) is 0 Å². The summed E-state index contributed by atoms with van der Waals surface area (Å²) in [5, 5.41) is 20.5. The van der Waals surface area contributed by atoms with E-state index in [9.17, 15) is 43.5 Å². The number of hydrogen-bond donors (Lipinski definition) is 4. The minimum absolute atomic E-state index is 0.0973. The van der Waals surface area contributed by atoms with Crippen LogP contribution < -0.4 is 0 Å². The van der Waals surface area contributed by atoms with Crippen molar-refractivity contribution in [2.75, 3.05) is 39.6 Å². The molecule has 0 saturated heterocycles. The van der Waals surface area contributed by atoms with Crippen LogP contribution in [0.4, 0.5) is 0 Å². The van der Waals surface area contributed by atoms with Crippen LogP contribution in [-0.2, 0) is 55.8 Å². The van der Waals surface area contributed by atoms with Crippen molar-refractivity contribution in [1.29, 1.82) is 0 Å². The van der Waals surface area contributed by atoms with E-state index in [-0.39, 0.29) is 19.3 Å². The fourth-order valence-electron chi connectivity index (χ4n) is 8.79. The van der Waals surface area contributed by atoms with Crippen molar-refractivity contribution in [2.45, 2.75) is 309 Å². The van der Waals surface area contributed by atoms with Crippen molar-refractivity contribution in [3.05, 3.63) is 36.5 Å². The third-order valence-corrected chi connectivity index (χ3v) is 15.7. The molecule has 4 N–H and O–H groups in total. The van der Waals surface area contributed by atoms with Crippen molar-refractivity contribution >= 4 is 33.6 Å². The zero-order valence-electron chi connectivity index (χ0n) is 51.2.